The first-order valence-corrected chi connectivity index (χ1v) is 8.55. The molecule has 0 radical (unpaired) electrons. The lowest BCUT2D eigenvalue weighted by atomic mass is 9.92. The van der Waals surface area contributed by atoms with Crippen LogP contribution in [-0.4, -0.2) is 41.3 Å². The minimum Gasteiger partial charge on any atom is -0.387 e. The standard InChI is InChI=1S/C18H23N3O2/c22-17(19-15-7-4-8-15)16-11-18(23-20-16)9-10-21(13-18)12-14-5-2-1-3-6-14/h1-3,5-6,15H,4,7-13H2,(H,19,22)/t18-/m1/s1. The Morgan fingerprint density at radius 1 is 1.35 bits per heavy atom. The number of carbonyl (C=O) groups excluding carboxylic acids is 1. The Morgan fingerprint density at radius 2 is 2.17 bits per heavy atom. The Balaban J connectivity index is 1.32. The smallest absolute Gasteiger partial charge is 0.269 e. The van der Waals surface area contributed by atoms with Crippen LogP contribution in [0.1, 0.15) is 37.7 Å². The van der Waals surface area contributed by atoms with Gasteiger partial charge >= 0.3 is 0 Å². The van der Waals surface area contributed by atoms with Crippen LogP contribution in [0.2, 0.25) is 0 Å². The van der Waals surface area contributed by atoms with Gasteiger partial charge in [-0.2, -0.15) is 0 Å². The van der Waals surface area contributed by atoms with Gasteiger partial charge in [-0.05, 0) is 24.8 Å². The molecule has 23 heavy (non-hydrogen) atoms. The summed E-state index contributed by atoms with van der Waals surface area (Å²) in [5.74, 6) is -0.0342. The summed E-state index contributed by atoms with van der Waals surface area (Å²) >= 11 is 0. The van der Waals surface area contributed by atoms with E-state index in [2.05, 4.69) is 39.6 Å². The van der Waals surface area contributed by atoms with Crippen molar-refractivity contribution in [2.45, 2.75) is 50.3 Å². The van der Waals surface area contributed by atoms with E-state index in [1.807, 2.05) is 6.07 Å². The molecule has 1 N–H and O–H groups in total. The highest BCUT2D eigenvalue weighted by molar-refractivity contribution is 6.39. The molecule has 1 saturated carbocycles. The number of rotatable bonds is 4. The first-order chi connectivity index (χ1) is 11.2. The fraction of sp³-hybridized carbons (Fsp3) is 0.556. The summed E-state index contributed by atoms with van der Waals surface area (Å²) in [6.07, 6.45) is 4.97. The minimum absolute atomic E-state index is 0.0342. The lowest BCUT2D eigenvalue weighted by Gasteiger charge is -2.26. The van der Waals surface area contributed by atoms with E-state index in [-0.39, 0.29) is 11.5 Å². The van der Waals surface area contributed by atoms with E-state index in [9.17, 15) is 4.79 Å². The zero-order chi connectivity index (χ0) is 15.7. The zero-order valence-corrected chi connectivity index (χ0v) is 13.3. The van der Waals surface area contributed by atoms with Gasteiger partial charge < -0.3 is 10.2 Å². The van der Waals surface area contributed by atoms with E-state index in [1.165, 1.54) is 12.0 Å². The Kier molecular flexibility index (Phi) is 3.81. The molecule has 0 unspecified atom stereocenters. The zero-order valence-electron chi connectivity index (χ0n) is 13.3. The van der Waals surface area contributed by atoms with Crippen molar-refractivity contribution in [3.05, 3.63) is 35.9 Å². The van der Waals surface area contributed by atoms with Gasteiger partial charge in [0.1, 0.15) is 5.71 Å². The quantitative estimate of drug-likeness (QED) is 0.926. The van der Waals surface area contributed by atoms with Gasteiger partial charge in [0, 0.05) is 38.5 Å². The number of benzene rings is 1. The van der Waals surface area contributed by atoms with Crippen molar-refractivity contribution >= 4 is 11.6 Å². The first kappa shape index (κ1) is 14.7. The molecule has 0 bridgehead atoms. The molecule has 1 aromatic carbocycles. The third-order valence-electron chi connectivity index (χ3n) is 5.19. The molecule has 5 heteroatoms. The van der Waals surface area contributed by atoms with Gasteiger partial charge in [0.2, 0.25) is 0 Å². The molecule has 1 aromatic rings. The lowest BCUT2D eigenvalue weighted by molar-refractivity contribution is -0.116. The number of amides is 1. The molecule has 2 fully saturated rings. The molecule has 1 amide bonds. The summed E-state index contributed by atoms with van der Waals surface area (Å²) in [6, 6.07) is 10.8. The normalized spacial score (nSPS) is 27.6. The van der Waals surface area contributed by atoms with Crippen LogP contribution in [0, 0.1) is 0 Å². The first-order valence-electron chi connectivity index (χ1n) is 8.55. The number of hydrogen-bond donors (Lipinski definition) is 1. The predicted molar refractivity (Wildman–Crippen MR) is 88.0 cm³/mol. The maximum absolute atomic E-state index is 12.2. The number of oxime groups is 1. The van der Waals surface area contributed by atoms with Crippen LogP contribution >= 0.6 is 0 Å². The second-order valence-corrected chi connectivity index (χ2v) is 7.04. The van der Waals surface area contributed by atoms with Crippen LogP contribution < -0.4 is 5.32 Å². The van der Waals surface area contributed by atoms with Gasteiger partial charge in [-0.15, -0.1) is 0 Å². The maximum Gasteiger partial charge on any atom is 0.269 e. The van der Waals surface area contributed by atoms with Crippen LogP contribution in [-0.2, 0) is 16.2 Å². The van der Waals surface area contributed by atoms with Crippen molar-refractivity contribution < 1.29 is 9.63 Å². The van der Waals surface area contributed by atoms with Crippen LogP contribution in [0.25, 0.3) is 0 Å². The molecule has 1 spiro atoms. The predicted octanol–water partition coefficient (Wildman–Crippen LogP) is 2.08. The third kappa shape index (κ3) is 3.11. The molecule has 122 valence electrons. The molecule has 2 heterocycles. The Hall–Kier alpha value is -1.88. The van der Waals surface area contributed by atoms with Crippen LogP contribution in [0.4, 0.5) is 0 Å². The number of likely N-dealkylation sites (tertiary alicyclic amines) is 1. The lowest BCUT2D eigenvalue weighted by Crippen LogP contribution is -2.43. The molecular weight excluding hydrogens is 290 g/mol. The second kappa shape index (κ2) is 5.96. The fourth-order valence-electron chi connectivity index (χ4n) is 3.59. The van der Waals surface area contributed by atoms with Crippen molar-refractivity contribution in [3.63, 3.8) is 0 Å². The van der Waals surface area contributed by atoms with E-state index < -0.39 is 0 Å². The topological polar surface area (TPSA) is 53.9 Å². The molecule has 4 rings (SSSR count). The summed E-state index contributed by atoms with van der Waals surface area (Å²) in [5.41, 5.74) is 1.59. The average Bonchev–Trinajstić information content (AvgIpc) is 3.11. The number of hydrogen-bond acceptors (Lipinski definition) is 4. The molecule has 3 aliphatic rings. The minimum atomic E-state index is -0.291. The Bertz CT molecular complexity index is 612. The highest BCUT2D eigenvalue weighted by atomic mass is 16.7. The number of carbonyl (C=O) groups is 1. The second-order valence-electron chi connectivity index (χ2n) is 7.04. The molecule has 5 nitrogen and oxygen atoms in total. The molecular formula is C18H23N3O2. The highest BCUT2D eigenvalue weighted by Gasteiger charge is 2.46. The van der Waals surface area contributed by atoms with Crippen molar-refractivity contribution in [3.8, 4) is 0 Å². The van der Waals surface area contributed by atoms with Crippen LogP contribution in [0.3, 0.4) is 0 Å². The van der Waals surface area contributed by atoms with Crippen molar-refractivity contribution in [1.29, 1.82) is 0 Å². The number of nitrogens with one attached hydrogen (secondary N) is 1. The van der Waals surface area contributed by atoms with E-state index in [4.69, 9.17) is 4.84 Å². The highest BCUT2D eigenvalue weighted by Crippen LogP contribution is 2.34. The molecule has 1 saturated heterocycles. The molecule has 2 aliphatic heterocycles. The largest absolute Gasteiger partial charge is 0.387 e. The summed E-state index contributed by atoms with van der Waals surface area (Å²) < 4.78 is 0. The van der Waals surface area contributed by atoms with Crippen molar-refractivity contribution in [2.24, 2.45) is 5.16 Å². The molecule has 1 atom stereocenters. The summed E-state index contributed by atoms with van der Waals surface area (Å²) in [7, 11) is 0. The van der Waals surface area contributed by atoms with E-state index >= 15 is 0 Å². The molecule has 0 aromatic heterocycles. The maximum atomic E-state index is 12.2. The van der Waals surface area contributed by atoms with E-state index in [0.717, 1.165) is 38.9 Å². The van der Waals surface area contributed by atoms with Crippen LogP contribution in [0.5, 0.6) is 0 Å². The average molecular weight is 313 g/mol. The summed E-state index contributed by atoms with van der Waals surface area (Å²) in [4.78, 5) is 20.3. The van der Waals surface area contributed by atoms with Gasteiger partial charge in [0.15, 0.2) is 5.60 Å². The Labute approximate surface area is 136 Å². The molecule has 1 aliphatic carbocycles. The van der Waals surface area contributed by atoms with Crippen molar-refractivity contribution in [2.75, 3.05) is 13.1 Å². The number of nitrogens with zero attached hydrogens (tertiary/aromatic N) is 2. The van der Waals surface area contributed by atoms with Gasteiger partial charge in [0.05, 0.1) is 0 Å². The third-order valence-corrected chi connectivity index (χ3v) is 5.19. The van der Waals surface area contributed by atoms with E-state index in [1.54, 1.807) is 0 Å². The van der Waals surface area contributed by atoms with Gasteiger partial charge in [-0.25, -0.2) is 0 Å². The van der Waals surface area contributed by atoms with E-state index in [0.29, 0.717) is 18.2 Å². The Morgan fingerprint density at radius 3 is 2.91 bits per heavy atom. The summed E-state index contributed by atoms with van der Waals surface area (Å²) in [6.45, 7) is 2.75. The van der Waals surface area contributed by atoms with Crippen molar-refractivity contribution in [1.82, 2.24) is 10.2 Å². The van der Waals surface area contributed by atoms with Gasteiger partial charge in [0.25, 0.3) is 5.91 Å². The van der Waals surface area contributed by atoms with Crippen LogP contribution in [0.15, 0.2) is 35.5 Å². The SMILES string of the molecule is O=C(NC1CCC1)C1=NO[C@]2(CCN(Cc3ccccc3)C2)C1. The van der Waals surface area contributed by atoms with Gasteiger partial charge in [-0.3, -0.25) is 9.69 Å². The summed E-state index contributed by atoms with van der Waals surface area (Å²) in [5, 5.41) is 7.15. The fourth-order valence-corrected chi connectivity index (χ4v) is 3.59. The monoisotopic (exact) mass is 313 g/mol. The van der Waals surface area contributed by atoms with Gasteiger partial charge in [-0.1, -0.05) is 35.5 Å².